The predicted octanol–water partition coefficient (Wildman–Crippen LogP) is 9.05. The Balaban J connectivity index is 1.03. The minimum atomic E-state index is 0.228. The van der Waals surface area contributed by atoms with E-state index in [0.717, 1.165) is 43.1 Å². The molecule has 5 atom stereocenters. The molecule has 0 saturated carbocycles. The molecule has 0 amide bonds. The van der Waals surface area contributed by atoms with Gasteiger partial charge >= 0.3 is 0 Å². The summed E-state index contributed by atoms with van der Waals surface area (Å²) in [5.41, 5.74) is 11.4. The molecule has 2 aromatic carbocycles. The molecule has 2 aromatic heterocycles. The molecule has 0 spiro atoms. The van der Waals surface area contributed by atoms with Crippen molar-refractivity contribution < 1.29 is 4.42 Å². The Kier molecular flexibility index (Phi) is 7.45. The maximum absolute atomic E-state index is 6.60. The monoisotopic (exact) mass is 615 g/mol. The van der Waals surface area contributed by atoms with E-state index in [0.29, 0.717) is 23.7 Å². The number of aliphatic imine (C=N–C) groups is 2. The smallest absolute Gasteiger partial charge is 0.135 e. The fourth-order valence-electron chi connectivity index (χ4n) is 8.66. The first-order valence-electron chi connectivity index (χ1n) is 17.7. The van der Waals surface area contributed by atoms with Crippen LogP contribution in [0.4, 0.5) is 0 Å². The van der Waals surface area contributed by atoms with Crippen molar-refractivity contribution in [1.29, 1.82) is 0 Å². The highest BCUT2D eigenvalue weighted by Crippen LogP contribution is 2.42. The average Bonchev–Trinajstić information content (AvgIpc) is 3.49. The normalized spacial score (nSPS) is 26.9. The van der Waals surface area contributed by atoms with E-state index in [-0.39, 0.29) is 6.04 Å². The van der Waals surface area contributed by atoms with Crippen molar-refractivity contribution in [3.8, 4) is 0 Å². The fourth-order valence-corrected chi connectivity index (χ4v) is 8.66. The van der Waals surface area contributed by atoms with Gasteiger partial charge in [-0.1, -0.05) is 60.7 Å². The van der Waals surface area contributed by atoms with Crippen LogP contribution in [0.25, 0.3) is 28.7 Å². The summed E-state index contributed by atoms with van der Waals surface area (Å²) in [6, 6.07) is 22.3. The highest BCUT2D eigenvalue weighted by Gasteiger charge is 2.32. The summed E-state index contributed by atoms with van der Waals surface area (Å²) in [5, 5.41) is 2.51. The van der Waals surface area contributed by atoms with E-state index in [1.54, 1.807) is 0 Å². The van der Waals surface area contributed by atoms with Crippen molar-refractivity contribution >= 4 is 40.1 Å². The molecule has 4 heteroatoms. The van der Waals surface area contributed by atoms with Gasteiger partial charge in [0.1, 0.15) is 11.0 Å². The van der Waals surface area contributed by atoms with Gasteiger partial charge in [0.15, 0.2) is 0 Å². The van der Waals surface area contributed by atoms with Crippen LogP contribution in [0.15, 0.2) is 117 Å². The van der Waals surface area contributed by atoms with Crippen LogP contribution < -0.4 is 10.6 Å². The summed E-state index contributed by atoms with van der Waals surface area (Å²) in [4.78, 5) is 14.4. The van der Waals surface area contributed by atoms with Crippen LogP contribution in [0.2, 0.25) is 0 Å². The first kappa shape index (κ1) is 28.6. The third-order valence-electron chi connectivity index (χ3n) is 11.2. The maximum Gasteiger partial charge on any atom is 0.135 e. The van der Waals surface area contributed by atoms with E-state index in [1.165, 1.54) is 75.5 Å². The quantitative estimate of drug-likeness (QED) is 0.217. The molecule has 0 fully saturated rings. The van der Waals surface area contributed by atoms with Gasteiger partial charge in [-0.3, -0.25) is 15.0 Å². The zero-order chi connectivity index (χ0) is 31.2. The number of nitrogens with zero attached hydrogens (tertiary/aromatic N) is 3. The first-order valence-corrected chi connectivity index (χ1v) is 17.7. The van der Waals surface area contributed by atoms with Gasteiger partial charge in [0, 0.05) is 52.5 Å². The van der Waals surface area contributed by atoms with Crippen LogP contribution in [0, 0.1) is 17.8 Å². The number of furan rings is 1. The molecule has 4 heterocycles. The van der Waals surface area contributed by atoms with Gasteiger partial charge in [-0.25, -0.2) is 0 Å². The van der Waals surface area contributed by atoms with Gasteiger partial charge < -0.3 is 4.42 Å². The minimum absolute atomic E-state index is 0.228. The van der Waals surface area contributed by atoms with Gasteiger partial charge in [0.25, 0.3) is 0 Å². The molecular formula is C43H41N3O. The summed E-state index contributed by atoms with van der Waals surface area (Å²) in [5.74, 6) is 1.74. The van der Waals surface area contributed by atoms with Gasteiger partial charge in [-0.15, -0.1) is 0 Å². The molecule has 5 aliphatic rings. The van der Waals surface area contributed by atoms with Gasteiger partial charge in [0.2, 0.25) is 0 Å². The van der Waals surface area contributed by atoms with Gasteiger partial charge in [0.05, 0.1) is 6.04 Å². The van der Waals surface area contributed by atoms with Gasteiger partial charge in [-0.2, -0.15) is 0 Å². The van der Waals surface area contributed by atoms with E-state index in [9.17, 15) is 0 Å². The Morgan fingerprint density at radius 1 is 0.830 bits per heavy atom. The van der Waals surface area contributed by atoms with E-state index in [4.69, 9.17) is 9.41 Å². The molecule has 0 bridgehead atoms. The largest absolute Gasteiger partial charge is 0.456 e. The van der Waals surface area contributed by atoms with E-state index < -0.39 is 0 Å². The Morgan fingerprint density at radius 3 is 2.57 bits per heavy atom. The number of fused-ring (bicyclic) bond motifs is 3. The van der Waals surface area contributed by atoms with Crippen molar-refractivity contribution in [2.24, 2.45) is 27.7 Å². The molecule has 2 aliphatic heterocycles. The summed E-state index contributed by atoms with van der Waals surface area (Å²) in [6.07, 6.45) is 28.1. The molecular weight excluding hydrogens is 574 g/mol. The molecule has 0 radical (unpaired) electrons. The van der Waals surface area contributed by atoms with Crippen LogP contribution in [-0.2, 0) is 0 Å². The highest BCUT2D eigenvalue weighted by molar-refractivity contribution is 6.02. The third-order valence-corrected chi connectivity index (χ3v) is 11.2. The lowest BCUT2D eigenvalue weighted by atomic mass is 9.75. The summed E-state index contributed by atoms with van der Waals surface area (Å²) >= 11 is 0. The summed E-state index contributed by atoms with van der Waals surface area (Å²) < 4.78 is 6.60. The summed E-state index contributed by atoms with van der Waals surface area (Å²) in [7, 11) is 0. The predicted molar refractivity (Wildman–Crippen MR) is 193 cm³/mol. The van der Waals surface area contributed by atoms with Crippen LogP contribution >= 0.6 is 0 Å². The van der Waals surface area contributed by atoms with E-state index >= 15 is 0 Å². The molecule has 4 nitrogen and oxygen atoms in total. The Morgan fingerprint density at radius 2 is 1.77 bits per heavy atom. The number of pyridine rings is 1. The van der Waals surface area contributed by atoms with E-state index in [1.807, 2.05) is 24.7 Å². The van der Waals surface area contributed by atoms with Crippen LogP contribution in [-0.4, -0.2) is 16.4 Å². The number of hydrogen-bond acceptors (Lipinski definition) is 4. The number of aromatic nitrogens is 1. The first-order chi connectivity index (χ1) is 23.2. The number of benzene rings is 2. The highest BCUT2D eigenvalue weighted by atomic mass is 16.3. The maximum atomic E-state index is 6.60. The topological polar surface area (TPSA) is 50.8 Å². The minimum Gasteiger partial charge on any atom is -0.456 e. The lowest BCUT2D eigenvalue weighted by molar-refractivity contribution is 0.353. The number of hydrogen-bond donors (Lipinski definition) is 0. The average molecular weight is 616 g/mol. The fraction of sp³-hybridized carbons (Fsp3) is 0.326. The zero-order valence-electron chi connectivity index (χ0n) is 26.9. The second-order valence-electron chi connectivity index (χ2n) is 14.1. The lowest BCUT2D eigenvalue weighted by Gasteiger charge is -2.34. The molecule has 0 saturated heterocycles. The van der Waals surface area contributed by atoms with Crippen molar-refractivity contribution in [3.05, 3.63) is 130 Å². The Labute approximate surface area is 276 Å². The molecule has 4 aromatic rings. The van der Waals surface area contributed by atoms with Crippen molar-refractivity contribution in [1.82, 2.24) is 4.98 Å². The molecule has 47 heavy (non-hydrogen) atoms. The number of rotatable bonds is 6. The second-order valence-corrected chi connectivity index (χ2v) is 14.1. The van der Waals surface area contributed by atoms with Crippen molar-refractivity contribution in [3.63, 3.8) is 0 Å². The third kappa shape index (κ3) is 5.58. The standard InChI is InChI=1S/C43H41N3O/c1-3-8-28(9-4-1)40-24-35(25-41(46-40)29-10-5-2-6-11-29)31-13-15-37-38-23-30(14-16-42(38)47-43(37)26-31)33-20-34(32-12-7-18-44-27-32)22-36(21-33)39-17-19-45-39/h1,3-4,7-10,12,14-20,23,26-27,31,33,35-36,40H,2,5-6,11,13,21-22,24-25H2. The van der Waals surface area contributed by atoms with Crippen molar-refractivity contribution in [2.75, 3.05) is 0 Å². The number of allylic oxidation sites excluding steroid dienone is 5. The van der Waals surface area contributed by atoms with Crippen LogP contribution in [0.5, 0.6) is 0 Å². The van der Waals surface area contributed by atoms with Crippen LogP contribution in [0.1, 0.15) is 86.4 Å². The van der Waals surface area contributed by atoms with E-state index in [2.05, 4.69) is 95.0 Å². The molecule has 234 valence electrons. The molecule has 0 N–H and O–H groups in total. The molecule has 9 rings (SSSR count). The Bertz CT molecular complexity index is 2100. The molecule has 3 aliphatic carbocycles. The lowest BCUT2D eigenvalue weighted by Crippen LogP contribution is -2.31. The van der Waals surface area contributed by atoms with Crippen LogP contribution in [0.3, 0.4) is 0 Å². The van der Waals surface area contributed by atoms with Crippen molar-refractivity contribution in [2.45, 2.75) is 69.7 Å². The second kappa shape index (κ2) is 12.2. The molecule has 5 unspecified atom stereocenters. The Hall–Kier alpha value is -4.57. The zero-order valence-corrected chi connectivity index (χ0v) is 26.9. The SMILES string of the molecule is C1=CC(C2CC(c3cccnc3)=CC(c3ccc4oc5c(c4c3)=CCC(C3CC(C4=CCCCC4)=NC(c4ccccc4)C3)C=5)C2)=N1. The van der Waals surface area contributed by atoms with Gasteiger partial charge in [-0.05, 0) is 128 Å². The summed E-state index contributed by atoms with van der Waals surface area (Å²) in [6.45, 7) is 0.